The molecule has 1 saturated heterocycles. The maximum absolute atomic E-state index is 12.6. The molecule has 1 aliphatic carbocycles. The molecular formula is C19H21ClN4O2. The molecule has 0 radical (unpaired) electrons. The van der Waals surface area contributed by atoms with Crippen LogP contribution in [-0.2, 0) is 36.0 Å². The molecule has 1 fully saturated rings. The number of halogens is 1. The first-order valence-electron chi connectivity index (χ1n) is 8.90. The van der Waals surface area contributed by atoms with E-state index in [0.29, 0.717) is 18.1 Å². The fourth-order valence-corrected chi connectivity index (χ4v) is 4.00. The van der Waals surface area contributed by atoms with Gasteiger partial charge < -0.3 is 10.2 Å². The number of benzene rings is 1. The van der Waals surface area contributed by atoms with Gasteiger partial charge in [-0.25, -0.2) is 0 Å². The molecule has 1 N–H and O–H groups in total. The Morgan fingerprint density at radius 2 is 2.08 bits per heavy atom. The number of carbonyl (C=O) groups excluding carboxylic acids is 2. The Bertz CT molecular complexity index is 859. The Kier molecular flexibility index (Phi) is 4.44. The minimum atomic E-state index is -0.334. The Labute approximate surface area is 157 Å². The Morgan fingerprint density at radius 1 is 1.31 bits per heavy atom. The summed E-state index contributed by atoms with van der Waals surface area (Å²) in [7, 11) is 1.92. The van der Waals surface area contributed by atoms with Crippen LogP contribution in [-0.4, -0.2) is 28.1 Å². The highest BCUT2D eigenvalue weighted by atomic mass is 35.5. The smallest absolute Gasteiger partial charge is 0.227 e. The molecule has 2 amide bonds. The quantitative estimate of drug-likeness (QED) is 0.894. The summed E-state index contributed by atoms with van der Waals surface area (Å²) in [6.07, 6.45) is 3.41. The average Bonchev–Trinajstić information content (AvgIpc) is 3.29. The number of carbonyl (C=O) groups is 2. The lowest BCUT2D eigenvalue weighted by molar-refractivity contribution is -0.126. The zero-order valence-corrected chi connectivity index (χ0v) is 15.4. The highest BCUT2D eigenvalue weighted by Gasteiger charge is 2.35. The van der Waals surface area contributed by atoms with Gasteiger partial charge in [-0.05, 0) is 49.1 Å². The third-order valence-electron chi connectivity index (χ3n) is 5.26. The van der Waals surface area contributed by atoms with E-state index in [2.05, 4.69) is 10.4 Å². The van der Waals surface area contributed by atoms with E-state index in [1.807, 2.05) is 11.7 Å². The first-order chi connectivity index (χ1) is 12.5. The van der Waals surface area contributed by atoms with Gasteiger partial charge in [0.1, 0.15) is 0 Å². The normalized spacial score (nSPS) is 19.1. The van der Waals surface area contributed by atoms with Gasteiger partial charge in [-0.15, -0.1) is 0 Å². The van der Waals surface area contributed by atoms with Crippen molar-refractivity contribution in [3.63, 3.8) is 0 Å². The predicted molar refractivity (Wildman–Crippen MR) is 99.0 cm³/mol. The summed E-state index contributed by atoms with van der Waals surface area (Å²) >= 11 is 5.90. The molecule has 26 heavy (non-hydrogen) atoms. The van der Waals surface area contributed by atoms with E-state index in [9.17, 15) is 9.59 Å². The fourth-order valence-electron chi connectivity index (χ4n) is 3.88. The molecule has 2 heterocycles. The van der Waals surface area contributed by atoms with Gasteiger partial charge in [0.05, 0.1) is 23.9 Å². The van der Waals surface area contributed by atoms with Crippen LogP contribution in [0.4, 0.5) is 5.69 Å². The monoisotopic (exact) mass is 372 g/mol. The van der Waals surface area contributed by atoms with Crippen molar-refractivity contribution in [3.05, 3.63) is 46.2 Å². The van der Waals surface area contributed by atoms with Crippen molar-refractivity contribution in [2.45, 2.75) is 32.2 Å². The average molecular weight is 373 g/mol. The van der Waals surface area contributed by atoms with Crippen LogP contribution >= 0.6 is 11.6 Å². The van der Waals surface area contributed by atoms with Crippen LogP contribution in [0, 0.1) is 5.92 Å². The molecule has 0 unspecified atom stereocenters. The van der Waals surface area contributed by atoms with E-state index in [0.717, 1.165) is 36.3 Å². The summed E-state index contributed by atoms with van der Waals surface area (Å²) in [6, 6.07) is 7.11. The van der Waals surface area contributed by atoms with Crippen molar-refractivity contribution in [1.29, 1.82) is 0 Å². The van der Waals surface area contributed by atoms with E-state index >= 15 is 0 Å². The van der Waals surface area contributed by atoms with E-state index in [4.69, 9.17) is 11.6 Å². The second-order valence-electron chi connectivity index (χ2n) is 6.95. The van der Waals surface area contributed by atoms with Crippen LogP contribution in [0.2, 0.25) is 5.02 Å². The lowest BCUT2D eigenvalue weighted by Gasteiger charge is -2.17. The van der Waals surface area contributed by atoms with Gasteiger partial charge in [-0.1, -0.05) is 11.6 Å². The molecule has 1 atom stereocenters. The van der Waals surface area contributed by atoms with Crippen molar-refractivity contribution < 1.29 is 9.59 Å². The number of nitrogens with zero attached hydrogens (tertiary/aromatic N) is 3. The van der Waals surface area contributed by atoms with Crippen LogP contribution in [0.3, 0.4) is 0 Å². The summed E-state index contributed by atoms with van der Waals surface area (Å²) in [4.78, 5) is 26.6. The third kappa shape index (κ3) is 3.09. The zero-order valence-electron chi connectivity index (χ0n) is 14.7. The topological polar surface area (TPSA) is 67.2 Å². The molecule has 1 aromatic carbocycles. The molecule has 6 nitrogen and oxygen atoms in total. The molecule has 1 aliphatic heterocycles. The van der Waals surface area contributed by atoms with Gasteiger partial charge in [-0.2, -0.15) is 5.10 Å². The van der Waals surface area contributed by atoms with Gasteiger partial charge in [-0.3, -0.25) is 14.3 Å². The van der Waals surface area contributed by atoms with Crippen molar-refractivity contribution in [1.82, 2.24) is 15.1 Å². The number of nitrogens with one attached hydrogen (secondary N) is 1. The van der Waals surface area contributed by atoms with Crippen molar-refractivity contribution in [2.24, 2.45) is 13.0 Å². The van der Waals surface area contributed by atoms with E-state index in [1.54, 1.807) is 29.2 Å². The molecule has 2 aromatic rings. The Hall–Kier alpha value is -2.34. The van der Waals surface area contributed by atoms with Crippen molar-refractivity contribution in [3.8, 4) is 0 Å². The summed E-state index contributed by atoms with van der Waals surface area (Å²) in [5.41, 5.74) is 4.28. The van der Waals surface area contributed by atoms with Gasteiger partial charge >= 0.3 is 0 Å². The number of rotatable bonds is 4. The van der Waals surface area contributed by atoms with Crippen LogP contribution in [0.15, 0.2) is 24.3 Å². The number of hydrogen-bond acceptors (Lipinski definition) is 3. The van der Waals surface area contributed by atoms with Gasteiger partial charge in [0.2, 0.25) is 11.8 Å². The number of hydrogen-bond donors (Lipinski definition) is 1. The number of fused-ring (bicyclic) bond motifs is 1. The van der Waals surface area contributed by atoms with Gasteiger partial charge in [0.15, 0.2) is 0 Å². The van der Waals surface area contributed by atoms with Gasteiger partial charge in [0.25, 0.3) is 0 Å². The molecule has 136 valence electrons. The molecule has 7 heteroatoms. The number of anilines is 1. The summed E-state index contributed by atoms with van der Waals surface area (Å²) < 4.78 is 1.87. The van der Waals surface area contributed by atoms with E-state index in [1.165, 1.54) is 5.56 Å². The molecular weight excluding hydrogens is 352 g/mol. The Morgan fingerprint density at radius 3 is 2.85 bits per heavy atom. The van der Waals surface area contributed by atoms with Crippen LogP contribution in [0.25, 0.3) is 0 Å². The number of aromatic nitrogens is 2. The molecule has 0 saturated carbocycles. The zero-order chi connectivity index (χ0) is 18.3. The number of aryl methyl sites for hydroxylation is 2. The first kappa shape index (κ1) is 17.1. The number of amides is 2. The van der Waals surface area contributed by atoms with Crippen LogP contribution < -0.4 is 10.2 Å². The van der Waals surface area contributed by atoms with E-state index < -0.39 is 0 Å². The van der Waals surface area contributed by atoms with Crippen molar-refractivity contribution in [2.75, 3.05) is 11.4 Å². The van der Waals surface area contributed by atoms with E-state index in [-0.39, 0.29) is 24.2 Å². The fraction of sp³-hybridized carbons (Fsp3) is 0.421. The molecule has 2 aliphatic rings. The van der Waals surface area contributed by atoms with Crippen molar-refractivity contribution >= 4 is 29.1 Å². The molecule has 0 spiro atoms. The van der Waals surface area contributed by atoms with Crippen LogP contribution in [0.1, 0.15) is 29.8 Å². The maximum Gasteiger partial charge on any atom is 0.227 e. The molecule has 0 bridgehead atoms. The van der Waals surface area contributed by atoms with Gasteiger partial charge in [0, 0.05) is 30.7 Å². The second kappa shape index (κ2) is 6.76. The SMILES string of the molecule is Cn1nc2c(c1CNC(=O)[C@H]1CC(=O)N(c3ccc(Cl)cc3)C1)CCC2. The summed E-state index contributed by atoms with van der Waals surface area (Å²) in [5, 5.41) is 8.15. The highest BCUT2D eigenvalue weighted by molar-refractivity contribution is 6.30. The van der Waals surface area contributed by atoms with Crippen LogP contribution in [0.5, 0.6) is 0 Å². The lowest BCUT2D eigenvalue weighted by atomic mass is 10.1. The lowest BCUT2D eigenvalue weighted by Crippen LogP contribution is -2.33. The Balaban J connectivity index is 1.40. The molecule has 1 aromatic heterocycles. The minimum absolute atomic E-state index is 0.0334. The summed E-state index contributed by atoms with van der Waals surface area (Å²) in [5.74, 6) is -0.448. The largest absolute Gasteiger partial charge is 0.350 e. The highest BCUT2D eigenvalue weighted by Crippen LogP contribution is 2.27. The third-order valence-corrected chi connectivity index (χ3v) is 5.51. The first-order valence-corrected chi connectivity index (χ1v) is 9.28. The second-order valence-corrected chi connectivity index (χ2v) is 7.39. The molecule has 4 rings (SSSR count). The minimum Gasteiger partial charge on any atom is -0.350 e. The predicted octanol–water partition coefficient (Wildman–Crippen LogP) is 2.23. The maximum atomic E-state index is 12.6. The summed E-state index contributed by atoms with van der Waals surface area (Å²) in [6.45, 7) is 0.860. The standard InChI is InChI=1S/C19H21ClN4O2/c1-23-17(15-3-2-4-16(15)22-23)10-21-19(26)12-9-18(25)24(11-12)14-7-5-13(20)6-8-14/h5-8,12H,2-4,9-11H2,1H3,(H,21,26)/t12-/m0/s1.